The molecule has 1 saturated heterocycles. The van der Waals surface area contributed by atoms with Gasteiger partial charge in [0.1, 0.15) is 0 Å². The third-order valence-electron chi connectivity index (χ3n) is 6.29. The van der Waals surface area contributed by atoms with Crippen LogP contribution >= 0.6 is 15.9 Å². The van der Waals surface area contributed by atoms with Gasteiger partial charge in [0.2, 0.25) is 0 Å². The van der Waals surface area contributed by atoms with Gasteiger partial charge < -0.3 is 9.80 Å². The van der Waals surface area contributed by atoms with Gasteiger partial charge in [-0.3, -0.25) is 0 Å². The van der Waals surface area contributed by atoms with Gasteiger partial charge in [0.05, 0.1) is 16.6 Å². The molecular formula is C21H22BrN3. The SMILES string of the molecule is CN1CCC2(CC1)C1=c3cc(Br)ccc3=NC1=C1CC=CC=C1N2C. The van der Waals surface area contributed by atoms with Gasteiger partial charge in [-0.1, -0.05) is 28.1 Å². The number of fused-ring (bicyclic) bond motifs is 4. The molecule has 0 amide bonds. The summed E-state index contributed by atoms with van der Waals surface area (Å²) in [4.78, 5) is 10.1. The third-order valence-corrected chi connectivity index (χ3v) is 6.78. The number of piperidine rings is 1. The number of likely N-dealkylation sites (N-methyl/N-ethyl adjacent to an activating group) is 1. The van der Waals surface area contributed by atoms with Crippen LogP contribution in [-0.4, -0.2) is 42.5 Å². The van der Waals surface area contributed by atoms with E-state index in [0.717, 1.165) is 42.2 Å². The molecule has 0 atom stereocenters. The van der Waals surface area contributed by atoms with E-state index >= 15 is 0 Å². The first-order chi connectivity index (χ1) is 12.1. The average molecular weight is 396 g/mol. The molecule has 5 rings (SSSR count). The number of likely N-dealkylation sites (tertiary alicyclic amines) is 1. The van der Waals surface area contributed by atoms with Gasteiger partial charge >= 0.3 is 0 Å². The largest absolute Gasteiger partial charge is 0.364 e. The smallest absolute Gasteiger partial charge is 0.0755 e. The molecule has 3 aliphatic heterocycles. The van der Waals surface area contributed by atoms with Gasteiger partial charge in [-0.05, 0) is 50.6 Å². The molecular weight excluding hydrogens is 374 g/mol. The van der Waals surface area contributed by atoms with Crippen LogP contribution in [0.25, 0.3) is 5.57 Å². The zero-order valence-electron chi connectivity index (χ0n) is 14.7. The van der Waals surface area contributed by atoms with Crippen LogP contribution in [0.2, 0.25) is 0 Å². The van der Waals surface area contributed by atoms with E-state index < -0.39 is 0 Å². The van der Waals surface area contributed by atoms with Crippen molar-refractivity contribution < 1.29 is 0 Å². The first-order valence-electron chi connectivity index (χ1n) is 9.02. The predicted octanol–water partition coefficient (Wildman–Crippen LogP) is 2.74. The second-order valence-corrected chi connectivity index (χ2v) is 8.47. The minimum absolute atomic E-state index is 0.0535. The Morgan fingerprint density at radius 1 is 1.16 bits per heavy atom. The molecule has 0 N–H and O–H groups in total. The fraction of sp³-hybridized carbons (Fsp3) is 0.381. The van der Waals surface area contributed by atoms with E-state index in [1.165, 1.54) is 27.8 Å². The predicted molar refractivity (Wildman–Crippen MR) is 104 cm³/mol. The van der Waals surface area contributed by atoms with Crippen molar-refractivity contribution in [3.05, 3.63) is 68.4 Å². The summed E-state index contributed by atoms with van der Waals surface area (Å²) in [6, 6.07) is 6.53. The summed E-state index contributed by atoms with van der Waals surface area (Å²) < 4.78 is 1.14. The van der Waals surface area contributed by atoms with Crippen LogP contribution in [-0.2, 0) is 0 Å². The second-order valence-electron chi connectivity index (χ2n) is 7.55. The number of hydrogen-bond donors (Lipinski definition) is 0. The molecule has 1 spiro atoms. The zero-order chi connectivity index (χ0) is 17.2. The van der Waals surface area contributed by atoms with Gasteiger partial charge in [0, 0.05) is 46.7 Å². The monoisotopic (exact) mass is 395 g/mol. The Labute approximate surface area is 156 Å². The highest BCUT2D eigenvalue weighted by atomic mass is 79.9. The highest BCUT2D eigenvalue weighted by Gasteiger charge is 2.48. The van der Waals surface area contributed by atoms with Crippen molar-refractivity contribution in [2.24, 2.45) is 4.99 Å². The number of halogens is 1. The maximum Gasteiger partial charge on any atom is 0.0755 e. The van der Waals surface area contributed by atoms with E-state index in [0.29, 0.717) is 0 Å². The van der Waals surface area contributed by atoms with Crippen LogP contribution in [0.15, 0.2) is 62.9 Å². The molecule has 3 nitrogen and oxygen atoms in total. The van der Waals surface area contributed by atoms with Crippen LogP contribution in [0.1, 0.15) is 19.3 Å². The van der Waals surface area contributed by atoms with Gasteiger partial charge in [0.15, 0.2) is 0 Å². The Balaban J connectivity index is 1.86. The van der Waals surface area contributed by atoms with Crippen LogP contribution in [0.3, 0.4) is 0 Å². The Kier molecular flexibility index (Phi) is 3.38. The molecule has 1 aliphatic carbocycles. The van der Waals surface area contributed by atoms with Gasteiger partial charge in [-0.15, -0.1) is 0 Å². The highest BCUT2D eigenvalue weighted by Crippen LogP contribution is 2.49. The lowest BCUT2D eigenvalue weighted by atomic mass is 9.72. The van der Waals surface area contributed by atoms with Crippen molar-refractivity contribution in [2.45, 2.75) is 24.8 Å². The maximum absolute atomic E-state index is 5.11. The maximum atomic E-state index is 5.11. The summed E-state index contributed by atoms with van der Waals surface area (Å²) in [5.74, 6) is 0. The summed E-state index contributed by atoms with van der Waals surface area (Å²) in [6.45, 7) is 2.26. The van der Waals surface area contributed by atoms with E-state index in [9.17, 15) is 0 Å². The molecule has 0 bridgehead atoms. The number of allylic oxidation sites excluding steroid dienone is 4. The first kappa shape index (κ1) is 15.6. The van der Waals surface area contributed by atoms with Crippen molar-refractivity contribution in [3.8, 4) is 0 Å². The summed E-state index contributed by atoms with van der Waals surface area (Å²) in [5.41, 5.74) is 5.50. The average Bonchev–Trinajstić information content (AvgIpc) is 3.01. The topological polar surface area (TPSA) is 18.8 Å². The van der Waals surface area contributed by atoms with Crippen LogP contribution in [0.4, 0.5) is 0 Å². The van der Waals surface area contributed by atoms with E-state index in [1.54, 1.807) is 0 Å². The molecule has 128 valence electrons. The Bertz CT molecular complexity index is 975. The van der Waals surface area contributed by atoms with Crippen LogP contribution < -0.4 is 10.6 Å². The number of hydrogen-bond acceptors (Lipinski definition) is 3. The Morgan fingerprint density at radius 3 is 2.76 bits per heavy atom. The molecule has 4 heteroatoms. The third kappa shape index (κ3) is 2.10. The summed E-state index contributed by atoms with van der Waals surface area (Å²) in [5, 5.41) is 2.45. The quantitative estimate of drug-likeness (QED) is 0.672. The Morgan fingerprint density at radius 2 is 1.96 bits per heavy atom. The fourth-order valence-electron chi connectivity index (χ4n) is 4.85. The zero-order valence-corrected chi connectivity index (χ0v) is 16.3. The molecule has 1 aromatic carbocycles. The first-order valence-corrected chi connectivity index (χ1v) is 9.82. The number of rotatable bonds is 0. The van der Waals surface area contributed by atoms with Crippen molar-refractivity contribution in [3.63, 3.8) is 0 Å². The van der Waals surface area contributed by atoms with Crippen molar-refractivity contribution in [1.82, 2.24) is 9.80 Å². The molecule has 0 radical (unpaired) electrons. The second kappa shape index (κ2) is 5.42. The van der Waals surface area contributed by atoms with E-state index in [1.807, 2.05) is 0 Å². The summed E-state index contributed by atoms with van der Waals surface area (Å²) in [7, 11) is 4.52. The molecule has 4 aliphatic rings. The van der Waals surface area contributed by atoms with E-state index in [4.69, 9.17) is 4.99 Å². The fourth-order valence-corrected chi connectivity index (χ4v) is 5.22. The lowest BCUT2D eigenvalue weighted by Crippen LogP contribution is -2.57. The minimum atomic E-state index is 0.0535. The normalized spacial score (nSPS) is 24.0. The van der Waals surface area contributed by atoms with Crippen molar-refractivity contribution >= 4 is 21.5 Å². The minimum Gasteiger partial charge on any atom is -0.364 e. The standard InChI is InChI=1S/C21H22BrN3/c1-24-11-9-21(10-12-24)19-16-13-14(22)7-8-17(16)23-20(19)15-5-3-4-6-18(15)25(21)2/h3-4,6-8,13H,5,9-12H2,1-2H3. The number of benzene rings is 1. The molecule has 1 aromatic rings. The van der Waals surface area contributed by atoms with Crippen molar-refractivity contribution in [1.29, 1.82) is 0 Å². The molecule has 1 fully saturated rings. The van der Waals surface area contributed by atoms with Gasteiger partial charge in [-0.2, -0.15) is 0 Å². The lowest BCUT2D eigenvalue weighted by Gasteiger charge is -2.53. The molecule has 0 aromatic heterocycles. The van der Waals surface area contributed by atoms with Gasteiger partial charge in [-0.25, -0.2) is 4.99 Å². The molecule has 25 heavy (non-hydrogen) atoms. The highest BCUT2D eigenvalue weighted by molar-refractivity contribution is 9.10. The molecule has 0 unspecified atom stereocenters. The van der Waals surface area contributed by atoms with Gasteiger partial charge in [0.25, 0.3) is 0 Å². The molecule has 3 heterocycles. The van der Waals surface area contributed by atoms with E-state index in [2.05, 4.69) is 76.3 Å². The van der Waals surface area contributed by atoms with Crippen LogP contribution in [0, 0.1) is 0 Å². The van der Waals surface area contributed by atoms with Crippen molar-refractivity contribution in [2.75, 3.05) is 27.2 Å². The lowest BCUT2D eigenvalue weighted by molar-refractivity contribution is 0.117. The van der Waals surface area contributed by atoms with E-state index in [-0.39, 0.29) is 5.54 Å². The van der Waals surface area contributed by atoms with Crippen LogP contribution in [0.5, 0.6) is 0 Å². The molecule has 0 saturated carbocycles. The number of nitrogens with zero attached hydrogens (tertiary/aromatic N) is 3. The summed E-state index contributed by atoms with van der Waals surface area (Å²) in [6.07, 6.45) is 9.99. The Hall–Kier alpha value is -1.65. The summed E-state index contributed by atoms with van der Waals surface area (Å²) >= 11 is 3.67.